The zero-order chi connectivity index (χ0) is 11.8. The molecule has 0 atom stereocenters. The van der Waals surface area contributed by atoms with E-state index in [4.69, 9.17) is 9.84 Å². The smallest absolute Gasteiger partial charge is 0.307 e. The van der Waals surface area contributed by atoms with E-state index in [1.807, 2.05) is 30.3 Å². The van der Waals surface area contributed by atoms with Crippen LogP contribution in [-0.2, 0) is 22.4 Å². The molecule has 0 aliphatic heterocycles. The first-order valence-electron chi connectivity index (χ1n) is 5.20. The third kappa shape index (κ3) is 4.64. The molecule has 1 rings (SSSR count). The van der Waals surface area contributed by atoms with Crippen molar-refractivity contribution in [1.82, 2.24) is 0 Å². The van der Waals surface area contributed by atoms with Gasteiger partial charge in [0.05, 0.1) is 19.8 Å². The van der Waals surface area contributed by atoms with E-state index in [1.54, 1.807) is 13.4 Å². The zero-order valence-corrected chi connectivity index (χ0v) is 9.35. The minimum Gasteiger partial charge on any atom is -0.505 e. The van der Waals surface area contributed by atoms with Crippen molar-refractivity contribution in [3.05, 3.63) is 47.7 Å². The van der Waals surface area contributed by atoms with Crippen molar-refractivity contribution in [3.8, 4) is 0 Å². The first kappa shape index (κ1) is 12.3. The average Bonchev–Trinajstić information content (AvgIpc) is 2.26. The SMILES string of the molecule is CO/C=C/CCc1ccc(CC(=O)O)cc1. The van der Waals surface area contributed by atoms with Crippen molar-refractivity contribution in [2.24, 2.45) is 0 Å². The number of aliphatic carboxylic acids is 1. The lowest BCUT2D eigenvalue weighted by Crippen LogP contribution is -1.99. The van der Waals surface area contributed by atoms with E-state index in [1.165, 1.54) is 5.56 Å². The Kier molecular flexibility index (Phi) is 5.12. The molecule has 0 heterocycles. The standard InChI is InChI=1S/C13H16O3/c1-16-9-3-2-4-11-5-7-12(8-6-11)10-13(14)15/h3,5-9H,2,4,10H2,1H3,(H,14,15)/b9-3+. The van der Waals surface area contributed by atoms with Gasteiger partial charge < -0.3 is 9.84 Å². The fraction of sp³-hybridized carbons (Fsp3) is 0.308. The Morgan fingerprint density at radius 1 is 1.31 bits per heavy atom. The minimum absolute atomic E-state index is 0.0872. The van der Waals surface area contributed by atoms with Crippen LogP contribution in [0.1, 0.15) is 17.5 Å². The predicted octanol–water partition coefficient (Wildman–Crippen LogP) is 2.41. The van der Waals surface area contributed by atoms with Crippen molar-refractivity contribution < 1.29 is 14.6 Å². The molecule has 3 heteroatoms. The number of carboxylic acids is 1. The van der Waals surface area contributed by atoms with Crippen molar-refractivity contribution >= 4 is 5.97 Å². The highest BCUT2D eigenvalue weighted by Gasteiger charge is 1.99. The Bertz CT molecular complexity index is 352. The van der Waals surface area contributed by atoms with Crippen molar-refractivity contribution in [1.29, 1.82) is 0 Å². The number of carboxylic acid groups (broad SMARTS) is 1. The summed E-state index contributed by atoms with van der Waals surface area (Å²) in [4.78, 5) is 10.5. The molecule has 16 heavy (non-hydrogen) atoms. The van der Waals surface area contributed by atoms with E-state index < -0.39 is 5.97 Å². The van der Waals surface area contributed by atoms with Crippen LogP contribution in [0.3, 0.4) is 0 Å². The molecule has 0 amide bonds. The summed E-state index contributed by atoms with van der Waals surface area (Å²) < 4.78 is 4.80. The lowest BCUT2D eigenvalue weighted by Gasteiger charge is -2.00. The van der Waals surface area contributed by atoms with Crippen LogP contribution in [0.15, 0.2) is 36.6 Å². The molecule has 1 aromatic carbocycles. The molecular weight excluding hydrogens is 204 g/mol. The van der Waals surface area contributed by atoms with Crippen LogP contribution in [0.5, 0.6) is 0 Å². The molecule has 1 N–H and O–H groups in total. The van der Waals surface area contributed by atoms with Gasteiger partial charge in [0.2, 0.25) is 0 Å². The number of aryl methyl sites for hydroxylation is 1. The Balaban J connectivity index is 2.45. The summed E-state index contributed by atoms with van der Waals surface area (Å²) >= 11 is 0. The van der Waals surface area contributed by atoms with E-state index in [9.17, 15) is 4.79 Å². The summed E-state index contributed by atoms with van der Waals surface area (Å²) in [5, 5.41) is 8.61. The van der Waals surface area contributed by atoms with Crippen LogP contribution in [0.25, 0.3) is 0 Å². The first-order valence-corrected chi connectivity index (χ1v) is 5.20. The van der Waals surface area contributed by atoms with E-state index in [-0.39, 0.29) is 6.42 Å². The van der Waals surface area contributed by atoms with E-state index in [2.05, 4.69) is 0 Å². The lowest BCUT2D eigenvalue weighted by atomic mass is 10.1. The molecule has 0 saturated heterocycles. The van der Waals surface area contributed by atoms with E-state index >= 15 is 0 Å². The number of rotatable bonds is 6. The number of hydrogen-bond acceptors (Lipinski definition) is 2. The Morgan fingerprint density at radius 2 is 1.94 bits per heavy atom. The number of carbonyl (C=O) groups is 1. The quantitative estimate of drug-likeness (QED) is 0.749. The second kappa shape index (κ2) is 6.67. The van der Waals surface area contributed by atoms with Gasteiger partial charge in [-0.3, -0.25) is 4.79 Å². The maximum atomic E-state index is 10.5. The Hall–Kier alpha value is -1.77. The van der Waals surface area contributed by atoms with Gasteiger partial charge in [-0.25, -0.2) is 0 Å². The van der Waals surface area contributed by atoms with Gasteiger partial charge in [0.25, 0.3) is 0 Å². The lowest BCUT2D eigenvalue weighted by molar-refractivity contribution is -0.136. The summed E-state index contributed by atoms with van der Waals surface area (Å²) in [6.45, 7) is 0. The molecule has 0 spiro atoms. The van der Waals surface area contributed by atoms with Gasteiger partial charge in [-0.1, -0.05) is 24.3 Å². The Labute approximate surface area is 95.4 Å². The van der Waals surface area contributed by atoms with Gasteiger partial charge in [0.15, 0.2) is 0 Å². The van der Waals surface area contributed by atoms with Crippen LogP contribution in [0, 0.1) is 0 Å². The molecule has 0 radical (unpaired) electrons. The molecule has 3 nitrogen and oxygen atoms in total. The predicted molar refractivity (Wildman–Crippen MR) is 62.3 cm³/mol. The first-order chi connectivity index (χ1) is 7.72. The van der Waals surface area contributed by atoms with Crippen LogP contribution in [0.4, 0.5) is 0 Å². The molecule has 0 saturated carbocycles. The Morgan fingerprint density at radius 3 is 2.50 bits per heavy atom. The fourth-order valence-electron chi connectivity index (χ4n) is 1.41. The number of methoxy groups -OCH3 is 1. The van der Waals surface area contributed by atoms with Gasteiger partial charge in [-0.2, -0.15) is 0 Å². The van der Waals surface area contributed by atoms with Gasteiger partial charge in [-0.15, -0.1) is 0 Å². The molecule has 0 aromatic heterocycles. The van der Waals surface area contributed by atoms with Crippen molar-refractivity contribution in [2.45, 2.75) is 19.3 Å². The fourth-order valence-corrected chi connectivity index (χ4v) is 1.41. The summed E-state index contributed by atoms with van der Waals surface area (Å²) in [5.74, 6) is -0.796. The number of benzene rings is 1. The van der Waals surface area contributed by atoms with Gasteiger partial charge in [-0.05, 0) is 30.0 Å². The summed E-state index contributed by atoms with van der Waals surface area (Å²) in [5.41, 5.74) is 2.04. The third-order valence-corrected chi connectivity index (χ3v) is 2.21. The normalized spacial score (nSPS) is 10.6. The molecule has 1 aromatic rings. The maximum Gasteiger partial charge on any atom is 0.307 e. The monoisotopic (exact) mass is 220 g/mol. The molecule has 0 bridgehead atoms. The topological polar surface area (TPSA) is 46.5 Å². The number of ether oxygens (including phenoxy) is 1. The second-order valence-electron chi connectivity index (χ2n) is 3.53. The van der Waals surface area contributed by atoms with Gasteiger partial charge in [0.1, 0.15) is 0 Å². The highest BCUT2D eigenvalue weighted by atomic mass is 16.5. The highest BCUT2D eigenvalue weighted by Crippen LogP contribution is 2.07. The molecule has 86 valence electrons. The second-order valence-corrected chi connectivity index (χ2v) is 3.53. The summed E-state index contributed by atoms with van der Waals surface area (Å²) in [7, 11) is 1.62. The summed E-state index contributed by atoms with van der Waals surface area (Å²) in [6, 6.07) is 7.67. The van der Waals surface area contributed by atoms with E-state index in [0.717, 1.165) is 18.4 Å². The molecule has 0 aliphatic rings. The van der Waals surface area contributed by atoms with Crippen LogP contribution in [-0.4, -0.2) is 18.2 Å². The minimum atomic E-state index is -0.796. The van der Waals surface area contributed by atoms with Crippen molar-refractivity contribution in [3.63, 3.8) is 0 Å². The van der Waals surface area contributed by atoms with Crippen molar-refractivity contribution in [2.75, 3.05) is 7.11 Å². The largest absolute Gasteiger partial charge is 0.505 e. The molecule has 0 unspecified atom stereocenters. The van der Waals surface area contributed by atoms with Gasteiger partial charge in [0, 0.05) is 0 Å². The average molecular weight is 220 g/mol. The third-order valence-electron chi connectivity index (χ3n) is 2.21. The van der Waals surface area contributed by atoms with Crippen LogP contribution in [0.2, 0.25) is 0 Å². The number of allylic oxidation sites excluding steroid dienone is 1. The van der Waals surface area contributed by atoms with Gasteiger partial charge >= 0.3 is 5.97 Å². The molecule has 0 aliphatic carbocycles. The molecule has 0 fully saturated rings. The maximum absolute atomic E-state index is 10.5. The molecular formula is C13H16O3. The number of hydrogen-bond donors (Lipinski definition) is 1. The van der Waals surface area contributed by atoms with Crippen LogP contribution < -0.4 is 0 Å². The summed E-state index contributed by atoms with van der Waals surface area (Å²) in [6.07, 6.45) is 5.58. The van der Waals surface area contributed by atoms with E-state index in [0.29, 0.717) is 0 Å². The zero-order valence-electron chi connectivity index (χ0n) is 9.35. The highest BCUT2D eigenvalue weighted by molar-refractivity contribution is 5.70. The van der Waals surface area contributed by atoms with Crippen LogP contribution >= 0.6 is 0 Å².